The molecule has 0 N–H and O–H groups in total. The van der Waals surface area contributed by atoms with Crippen LogP contribution in [0.1, 0.15) is 28.8 Å². The Bertz CT molecular complexity index is 1060. The van der Waals surface area contributed by atoms with Crippen molar-refractivity contribution < 1.29 is 0 Å². The first-order valence-corrected chi connectivity index (χ1v) is 10.1. The lowest BCUT2D eigenvalue weighted by molar-refractivity contribution is 0.624. The molecule has 1 heterocycles. The third kappa shape index (κ3) is 2.22. The van der Waals surface area contributed by atoms with Gasteiger partial charge in [0.2, 0.25) is 0 Å². The number of fused-ring (bicyclic) bond motifs is 3. The van der Waals surface area contributed by atoms with Crippen LogP contribution in [0, 0.1) is 0 Å². The molecule has 0 unspecified atom stereocenters. The summed E-state index contributed by atoms with van der Waals surface area (Å²) < 4.78 is 5.02. The zero-order valence-electron chi connectivity index (χ0n) is 14.5. The number of nitrogens with zero attached hydrogens (tertiary/aromatic N) is 1. The molecule has 1 aromatic heterocycles. The summed E-state index contributed by atoms with van der Waals surface area (Å²) in [5.41, 5.74) is 5.02. The molecule has 0 fully saturated rings. The van der Waals surface area contributed by atoms with E-state index < -0.39 is 0 Å². The van der Waals surface area contributed by atoms with Gasteiger partial charge in [0.05, 0.1) is 11.1 Å². The predicted molar refractivity (Wildman–Crippen MR) is 111 cm³/mol. The second-order valence-corrected chi connectivity index (χ2v) is 7.99. The minimum atomic E-state index is -0.188. The van der Waals surface area contributed by atoms with Crippen LogP contribution in [-0.4, -0.2) is 13.9 Å². The van der Waals surface area contributed by atoms with Gasteiger partial charge in [0.25, 0.3) is 0 Å². The van der Waals surface area contributed by atoms with Crippen molar-refractivity contribution in [3.05, 3.63) is 113 Å². The maximum absolute atomic E-state index is 5.02. The molecule has 0 saturated heterocycles. The van der Waals surface area contributed by atoms with Crippen LogP contribution in [0.15, 0.2) is 91.0 Å². The van der Waals surface area contributed by atoms with E-state index in [1.165, 1.54) is 27.1 Å². The lowest BCUT2D eigenvalue weighted by Crippen LogP contribution is -2.32. The first kappa shape index (κ1) is 15.4. The van der Waals surface area contributed by atoms with Gasteiger partial charge in [-0.25, -0.2) is 0 Å². The van der Waals surface area contributed by atoms with E-state index in [-0.39, 0.29) is 14.7 Å². The molecule has 0 radical (unpaired) electrons. The van der Waals surface area contributed by atoms with Crippen LogP contribution in [0.2, 0.25) is 0 Å². The maximum atomic E-state index is 5.02. The maximum Gasteiger partial charge on any atom is 0.148 e. The predicted octanol–water partition coefficient (Wildman–Crippen LogP) is 5.06. The highest BCUT2D eigenvalue weighted by atomic mass is 28.2. The largest absolute Gasteiger partial charge is 0.300 e. The Labute approximate surface area is 155 Å². The van der Waals surface area contributed by atoms with Gasteiger partial charge in [0, 0.05) is 0 Å². The highest BCUT2D eigenvalue weighted by molar-refractivity contribution is 6.42. The Morgan fingerprint density at radius 3 is 2.04 bits per heavy atom. The fourth-order valence-corrected chi connectivity index (χ4v) is 5.41. The van der Waals surface area contributed by atoms with Crippen LogP contribution in [-0.2, 0) is 5.41 Å². The van der Waals surface area contributed by atoms with Crippen LogP contribution in [0.5, 0.6) is 0 Å². The average Bonchev–Trinajstić information content (AvgIpc) is 2.74. The highest BCUT2D eigenvalue weighted by Crippen LogP contribution is 2.48. The van der Waals surface area contributed by atoms with Crippen molar-refractivity contribution in [2.75, 3.05) is 0 Å². The highest BCUT2D eigenvalue weighted by Gasteiger charge is 2.39. The minimum Gasteiger partial charge on any atom is -0.300 e. The summed E-state index contributed by atoms with van der Waals surface area (Å²) in [6.07, 6.45) is 5.48. The van der Waals surface area contributed by atoms with Gasteiger partial charge < -0.3 is 4.64 Å². The van der Waals surface area contributed by atoms with E-state index in [4.69, 9.17) is 4.64 Å². The Morgan fingerprint density at radius 2 is 1.35 bits per heavy atom. The molecule has 1 aliphatic carbocycles. The van der Waals surface area contributed by atoms with Crippen molar-refractivity contribution in [1.29, 1.82) is 0 Å². The fourth-order valence-electron chi connectivity index (χ4n) is 4.34. The molecule has 0 spiro atoms. The number of allylic oxidation sites excluding steroid dienone is 1. The van der Waals surface area contributed by atoms with Gasteiger partial charge in [-0.05, 0) is 39.6 Å². The molecular formula is C24H19NSi. The Morgan fingerprint density at radius 1 is 0.731 bits per heavy atom. The summed E-state index contributed by atoms with van der Waals surface area (Å²) in [6.45, 7) is 0. The molecule has 124 valence electrons. The van der Waals surface area contributed by atoms with Crippen molar-refractivity contribution >= 4 is 25.7 Å². The standard InChI is InChI=1S/C24H19NSi/c1-3-10-18(11-4-1)24(19-12-5-2-6-13-19)17-9-15-21-23(24)20-14-7-8-16-22(20)26-25-21/h1-16,26H,17H2. The van der Waals surface area contributed by atoms with Gasteiger partial charge in [-0.15, -0.1) is 0 Å². The van der Waals surface area contributed by atoms with Crippen LogP contribution >= 0.6 is 0 Å². The molecular weight excluding hydrogens is 330 g/mol. The van der Waals surface area contributed by atoms with E-state index in [0.29, 0.717) is 0 Å². The number of hydrogen-bond donors (Lipinski definition) is 0. The number of hydrogen-bond acceptors (Lipinski definition) is 1. The molecule has 3 aromatic carbocycles. The quantitative estimate of drug-likeness (QED) is 0.461. The molecule has 2 heteroatoms. The number of benzene rings is 3. The summed E-state index contributed by atoms with van der Waals surface area (Å²) in [7, 11) is -0.0556. The van der Waals surface area contributed by atoms with Gasteiger partial charge in [-0.3, -0.25) is 0 Å². The second-order valence-electron chi connectivity index (χ2n) is 6.85. The van der Waals surface area contributed by atoms with Crippen LogP contribution in [0.3, 0.4) is 0 Å². The first-order chi connectivity index (χ1) is 12.9. The summed E-state index contributed by atoms with van der Waals surface area (Å²) >= 11 is 0. The Balaban J connectivity index is 1.95. The molecule has 26 heavy (non-hydrogen) atoms. The Kier molecular flexibility index (Phi) is 3.65. The second kappa shape index (κ2) is 6.15. The van der Waals surface area contributed by atoms with Crippen molar-refractivity contribution in [3.63, 3.8) is 0 Å². The summed E-state index contributed by atoms with van der Waals surface area (Å²) in [4.78, 5) is 1.40. The van der Waals surface area contributed by atoms with E-state index in [2.05, 4.69) is 97.1 Å². The van der Waals surface area contributed by atoms with Crippen molar-refractivity contribution in [2.45, 2.75) is 11.8 Å². The monoisotopic (exact) mass is 349 g/mol. The van der Waals surface area contributed by atoms with Gasteiger partial charge >= 0.3 is 0 Å². The number of rotatable bonds is 2. The first-order valence-electron chi connectivity index (χ1n) is 9.05. The van der Waals surface area contributed by atoms with E-state index >= 15 is 0 Å². The molecule has 1 aliphatic rings. The molecule has 5 rings (SSSR count). The summed E-state index contributed by atoms with van der Waals surface area (Å²) in [6, 6.07) is 30.7. The smallest absolute Gasteiger partial charge is 0.148 e. The molecule has 1 nitrogen and oxygen atoms in total. The third-order valence-corrected chi connectivity index (χ3v) is 6.68. The average molecular weight is 350 g/mol. The molecule has 4 aromatic rings. The lowest BCUT2D eigenvalue weighted by Gasteiger charge is -2.39. The normalized spacial score (nSPS) is 14.9. The molecule has 0 atom stereocenters. The number of aromatic nitrogens is 1. The zero-order valence-corrected chi connectivity index (χ0v) is 15.6. The summed E-state index contributed by atoms with van der Waals surface area (Å²) in [5.74, 6) is 0. The van der Waals surface area contributed by atoms with Crippen molar-refractivity contribution in [1.82, 2.24) is 4.64 Å². The van der Waals surface area contributed by atoms with Gasteiger partial charge in [0.15, 0.2) is 0 Å². The zero-order chi connectivity index (χ0) is 17.4. The van der Waals surface area contributed by atoms with Gasteiger partial charge in [0.1, 0.15) is 9.29 Å². The van der Waals surface area contributed by atoms with E-state index in [0.717, 1.165) is 12.1 Å². The molecule has 0 saturated carbocycles. The molecule has 0 aliphatic heterocycles. The summed E-state index contributed by atoms with van der Waals surface area (Å²) in [5, 5.41) is 1.38. The van der Waals surface area contributed by atoms with E-state index in [1.807, 2.05) is 0 Å². The topological polar surface area (TPSA) is 12.9 Å². The van der Waals surface area contributed by atoms with Crippen LogP contribution < -0.4 is 0 Å². The molecule has 0 bridgehead atoms. The van der Waals surface area contributed by atoms with Crippen LogP contribution in [0.25, 0.3) is 16.5 Å². The van der Waals surface area contributed by atoms with Crippen molar-refractivity contribution in [3.8, 4) is 0 Å². The van der Waals surface area contributed by atoms with Crippen LogP contribution in [0.4, 0.5) is 0 Å². The lowest BCUT2D eigenvalue weighted by atomic mass is 9.64. The third-order valence-electron chi connectivity index (χ3n) is 5.49. The SMILES string of the molecule is C1=Cc2n[siH]c3ccccc3c2C(c2ccccc2)(c2ccccc2)C1. The van der Waals surface area contributed by atoms with Gasteiger partial charge in [-0.1, -0.05) is 91.0 Å². The van der Waals surface area contributed by atoms with Gasteiger partial charge in [-0.2, -0.15) is 0 Å². The Hall–Kier alpha value is -2.84. The molecule has 0 amide bonds. The van der Waals surface area contributed by atoms with E-state index in [9.17, 15) is 0 Å². The van der Waals surface area contributed by atoms with Crippen molar-refractivity contribution in [2.24, 2.45) is 0 Å². The van der Waals surface area contributed by atoms with E-state index in [1.54, 1.807) is 0 Å². The minimum absolute atomic E-state index is 0.0556. The fraction of sp³-hybridized carbons (Fsp3) is 0.0833.